The molecule has 7 heteroatoms. The van der Waals surface area contributed by atoms with Gasteiger partial charge < -0.3 is 10.1 Å². The molecule has 1 saturated heterocycles. The van der Waals surface area contributed by atoms with Crippen molar-refractivity contribution in [3.63, 3.8) is 0 Å². The van der Waals surface area contributed by atoms with Gasteiger partial charge in [0.15, 0.2) is 16.6 Å². The van der Waals surface area contributed by atoms with Crippen LogP contribution >= 0.6 is 15.9 Å². The lowest BCUT2D eigenvalue weighted by atomic mass is 9.99. The van der Waals surface area contributed by atoms with E-state index in [1.807, 2.05) is 0 Å². The van der Waals surface area contributed by atoms with Gasteiger partial charge in [0.05, 0.1) is 0 Å². The maximum atomic E-state index is 12.3. The number of rotatable bonds is 2. The van der Waals surface area contributed by atoms with Crippen LogP contribution in [-0.4, -0.2) is 40.6 Å². The van der Waals surface area contributed by atoms with Gasteiger partial charge >= 0.3 is 0 Å². The molecule has 19 heavy (non-hydrogen) atoms. The van der Waals surface area contributed by atoms with Crippen LogP contribution in [0.4, 0.5) is 11.6 Å². The number of alkyl halides is 1. The average molecular weight is 327 g/mol. The number of halogens is 1. The van der Waals surface area contributed by atoms with Crippen molar-refractivity contribution in [3.05, 3.63) is 12.4 Å². The van der Waals surface area contributed by atoms with E-state index in [0.29, 0.717) is 24.1 Å². The zero-order valence-electron chi connectivity index (χ0n) is 10.4. The highest BCUT2D eigenvalue weighted by Crippen LogP contribution is 2.30. The third-order valence-corrected chi connectivity index (χ3v) is 4.08. The Morgan fingerprint density at radius 3 is 2.89 bits per heavy atom. The van der Waals surface area contributed by atoms with Crippen LogP contribution in [-0.2, 0) is 9.53 Å². The molecular weight excluding hydrogens is 312 g/mol. The highest BCUT2D eigenvalue weighted by molar-refractivity contribution is 9.10. The van der Waals surface area contributed by atoms with Gasteiger partial charge in [-0.25, -0.2) is 9.97 Å². The van der Waals surface area contributed by atoms with Gasteiger partial charge in [0.2, 0.25) is 0 Å². The van der Waals surface area contributed by atoms with E-state index in [-0.39, 0.29) is 5.91 Å². The Morgan fingerprint density at radius 1 is 1.37 bits per heavy atom. The zero-order valence-corrected chi connectivity index (χ0v) is 12.0. The number of nitrogens with one attached hydrogen (secondary N) is 1. The van der Waals surface area contributed by atoms with Crippen LogP contribution in [0.25, 0.3) is 0 Å². The normalized spacial score (nSPS) is 23.9. The smallest absolute Gasteiger partial charge is 0.261 e. The number of hydrogen-bond acceptors (Lipinski definition) is 5. The molecule has 1 N–H and O–H groups in total. The fraction of sp³-hybridized carbons (Fsp3) is 0.583. The topological polar surface area (TPSA) is 67.4 Å². The number of carbonyl (C=O) groups is 1. The minimum Gasteiger partial charge on any atom is -0.381 e. The molecule has 0 radical (unpaired) electrons. The predicted octanol–water partition coefficient (Wildman–Crippen LogP) is 1.38. The third kappa shape index (κ3) is 2.57. The first-order chi connectivity index (χ1) is 9.25. The fourth-order valence-electron chi connectivity index (χ4n) is 2.42. The van der Waals surface area contributed by atoms with Crippen molar-refractivity contribution in [2.75, 3.05) is 30.0 Å². The summed E-state index contributed by atoms with van der Waals surface area (Å²) in [5.41, 5.74) is 0. The summed E-state index contributed by atoms with van der Waals surface area (Å²) >= 11 is 3.33. The van der Waals surface area contributed by atoms with Gasteiger partial charge in [-0.15, -0.1) is 0 Å². The molecule has 0 saturated carbocycles. The van der Waals surface area contributed by atoms with Crippen LogP contribution in [0.15, 0.2) is 12.4 Å². The summed E-state index contributed by atoms with van der Waals surface area (Å²) in [4.78, 5) is 22.1. The molecule has 2 aliphatic rings. The number of fused-ring (bicyclic) bond motifs is 1. The van der Waals surface area contributed by atoms with E-state index in [1.54, 1.807) is 17.3 Å². The van der Waals surface area contributed by atoms with E-state index in [4.69, 9.17) is 4.74 Å². The van der Waals surface area contributed by atoms with Crippen molar-refractivity contribution in [1.82, 2.24) is 9.97 Å². The lowest BCUT2D eigenvalue weighted by molar-refractivity contribution is -0.118. The fourth-order valence-corrected chi connectivity index (χ4v) is 2.88. The van der Waals surface area contributed by atoms with Gasteiger partial charge in [0.1, 0.15) is 0 Å². The van der Waals surface area contributed by atoms with Crippen LogP contribution in [0.3, 0.4) is 0 Å². The Kier molecular flexibility index (Phi) is 3.65. The van der Waals surface area contributed by atoms with Crippen molar-refractivity contribution >= 4 is 33.5 Å². The first-order valence-electron chi connectivity index (χ1n) is 6.36. The van der Waals surface area contributed by atoms with Crippen molar-refractivity contribution in [3.8, 4) is 0 Å². The van der Waals surface area contributed by atoms with Gasteiger partial charge in [0.25, 0.3) is 5.91 Å². The standard InChI is InChI=1S/C12H15BrN4O2/c13-9-12(18)17(7-8-1-5-19-6-2-8)11-10(16-9)14-3-4-15-11/h3-4,8-9H,1-2,5-7H2,(H,14,16). The first-order valence-corrected chi connectivity index (χ1v) is 7.28. The molecule has 1 aromatic heterocycles. The molecule has 1 atom stereocenters. The molecule has 102 valence electrons. The molecule has 6 nitrogen and oxygen atoms in total. The van der Waals surface area contributed by atoms with Gasteiger partial charge in [-0.2, -0.15) is 0 Å². The molecule has 0 bridgehead atoms. The second-order valence-electron chi connectivity index (χ2n) is 4.74. The lowest BCUT2D eigenvalue weighted by Gasteiger charge is -2.34. The van der Waals surface area contributed by atoms with Crippen molar-refractivity contribution in [1.29, 1.82) is 0 Å². The van der Waals surface area contributed by atoms with Crippen LogP contribution < -0.4 is 10.2 Å². The summed E-state index contributed by atoms with van der Waals surface area (Å²) in [5.74, 6) is 1.72. The molecule has 0 aromatic carbocycles. The van der Waals surface area contributed by atoms with Crippen molar-refractivity contribution in [2.24, 2.45) is 5.92 Å². The Balaban J connectivity index is 1.83. The van der Waals surface area contributed by atoms with Gasteiger partial charge in [0, 0.05) is 32.2 Å². The summed E-state index contributed by atoms with van der Waals surface area (Å²) in [5, 5.41) is 3.00. The summed E-state index contributed by atoms with van der Waals surface area (Å²) in [6, 6.07) is 0. The van der Waals surface area contributed by atoms with Crippen LogP contribution in [0, 0.1) is 5.92 Å². The van der Waals surface area contributed by atoms with Gasteiger partial charge in [-0.1, -0.05) is 15.9 Å². The van der Waals surface area contributed by atoms with E-state index in [0.717, 1.165) is 26.1 Å². The van der Waals surface area contributed by atoms with Crippen LogP contribution in [0.1, 0.15) is 12.8 Å². The molecule has 1 amide bonds. The highest BCUT2D eigenvalue weighted by atomic mass is 79.9. The predicted molar refractivity (Wildman–Crippen MR) is 74.3 cm³/mol. The number of carbonyl (C=O) groups excluding carboxylic acids is 1. The minimum atomic E-state index is -0.434. The lowest BCUT2D eigenvalue weighted by Crippen LogP contribution is -2.47. The number of ether oxygens (including phenoxy) is 1. The minimum absolute atomic E-state index is 0.0144. The van der Waals surface area contributed by atoms with Crippen molar-refractivity contribution in [2.45, 2.75) is 17.8 Å². The molecule has 1 aromatic rings. The number of anilines is 2. The zero-order chi connectivity index (χ0) is 13.2. The molecular formula is C12H15BrN4O2. The molecule has 3 heterocycles. The maximum absolute atomic E-state index is 12.3. The second-order valence-corrected chi connectivity index (χ2v) is 5.66. The summed E-state index contributed by atoms with van der Waals surface area (Å²) in [6.45, 7) is 2.23. The summed E-state index contributed by atoms with van der Waals surface area (Å²) in [7, 11) is 0. The van der Waals surface area contributed by atoms with E-state index in [2.05, 4.69) is 31.2 Å². The Labute approximate surface area is 119 Å². The molecule has 3 rings (SSSR count). The Hall–Kier alpha value is -1.21. The largest absolute Gasteiger partial charge is 0.381 e. The first kappa shape index (κ1) is 12.8. The SMILES string of the molecule is O=C1C(Br)Nc2nccnc2N1CC1CCOCC1. The average Bonchev–Trinajstić information content (AvgIpc) is 2.45. The second kappa shape index (κ2) is 5.42. The number of hydrogen-bond donors (Lipinski definition) is 1. The highest BCUT2D eigenvalue weighted by Gasteiger charge is 2.34. The number of amides is 1. The summed E-state index contributed by atoms with van der Waals surface area (Å²) < 4.78 is 5.35. The molecule has 2 aliphatic heterocycles. The molecule has 1 fully saturated rings. The Morgan fingerprint density at radius 2 is 2.11 bits per heavy atom. The van der Waals surface area contributed by atoms with Gasteiger partial charge in [-0.3, -0.25) is 9.69 Å². The molecule has 0 spiro atoms. The van der Waals surface area contributed by atoms with E-state index in [1.165, 1.54) is 0 Å². The van der Waals surface area contributed by atoms with Crippen LogP contribution in [0.5, 0.6) is 0 Å². The summed E-state index contributed by atoms with van der Waals surface area (Å²) in [6.07, 6.45) is 5.20. The third-order valence-electron chi connectivity index (χ3n) is 3.46. The quantitative estimate of drug-likeness (QED) is 0.657. The monoisotopic (exact) mass is 326 g/mol. The maximum Gasteiger partial charge on any atom is 0.261 e. The molecule has 0 aliphatic carbocycles. The Bertz CT molecular complexity index is 479. The van der Waals surface area contributed by atoms with E-state index in [9.17, 15) is 4.79 Å². The number of aromatic nitrogens is 2. The van der Waals surface area contributed by atoms with E-state index < -0.39 is 4.95 Å². The number of nitrogens with zero attached hydrogens (tertiary/aromatic N) is 3. The van der Waals surface area contributed by atoms with E-state index >= 15 is 0 Å². The van der Waals surface area contributed by atoms with Crippen molar-refractivity contribution < 1.29 is 9.53 Å². The molecule has 1 unspecified atom stereocenters. The van der Waals surface area contributed by atoms with Gasteiger partial charge in [-0.05, 0) is 18.8 Å². The van der Waals surface area contributed by atoms with Crippen LogP contribution in [0.2, 0.25) is 0 Å².